The third-order valence-electron chi connectivity index (χ3n) is 6.08. The van der Waals surface area contributed by atoms with Crippen molar-refractivity contribution in [2.75, 3.05) is 50.8 Å². The van der Waals surface area contributed by atoms with E-state index in [4.69, 9.17) is 16.3 Å². The van der Waals surface area contributed by atoms with Gasteiger partial charge in [0.15, 0.2) is 0 Å². The number of carbonyl (C=O) groups is 1. The lowest BCUT2D eigenvalue weighted by Crippen LogP contribution is -2.43. The second-order valence-corrected chi connectivity index (χ2v) is 8.52. The van der Waals surface area contributed by atoms with Gasteiger partial charge in [0.05, 0.1) is 24.2 Å². The van der Waals surface area contributed by atoms with E-state index < -0.39 is 4.92 Å². The molecule has 8 nitrogen and oxygen atoms in total. The third kappa shape index (κ3) is 5.20. The molecule has 1 atom stereocenters. The van der Waals surface area contributed by atoms with Crippen LogP contribution in [0.3, 0.4) is 0 Å². The van der Waals surface area contributed by atoms with Crippen molar-refractivity contribution in [2.45, 2.75) is 18.9 Å². The van der Waals surface area contributed by atoms with E-state index in [9.17, 15) is 14.9 Å². The average molecular weight is 459 g/mol. The summed E-state index contributed by atoms with van der Waals surface area (Å²) in [6.07, 6.45) is 2.04. The van der Waals surface area contributed by atoms with Crippen molar-refractivity contribution in [3.63, 3.8) is 0 Å². The highest BCUT2D eigenvalue weighted by molar-refractivity contribution is 6.30. The van der Waals surface area contributed by atoms with Gasteiger partial charge in [0.1, 0.15) is 5.69 Å². The molecule has 0 aliphatic carbocycles. The molecular weight excluding hydrogens is 432 g/mol. The van der Waals surface area contributed by atoms with Crippen LogP contribution in [0.15, 0.2) is 42.5 Å². The number of carbonyl (C=O) groups excluding carboxylic acids is 1. The van der Waals surface area contributed by atoms with Crippen molar-refractivity contribution in [3.8, 4) is 0 Å². The van der Waals surface area contributed by atoms with Crippen molar-refractivity contribution in [1.29, 1.82) is 0 Å². The number of halogens is 1. The summed E-state index contributed by atoms with van der Waals surface area (Å²) in [6.45, 7) is 4.79. The molecule has 9 heteroatoms. The Bertz CT molecular complexity index is 957. The number of nitrogens with zero attached hydrogens (tertiary/aromatic N) is 3. The molecule has 2 aliphatic heterocycles. The van der Waals surface area contributed by atoms with Gasteiger partial charge >= 0.3 is 0 Å². The van der Waals surface area contributed by atoms with E-state index >= 15 is 0 Å². The molecule has 0 radical (unpaired) electrons. The van der Waals surface area contributed by atoms with Gasteiger partial charge in [-0.2, -0.15) is 0 Å². The van der Waals surface area contributed by atoms with E-state index in [1.165, 1.54) is 6.07 Å². The molecule has 2 aromatic rings. The number of morpholine rings is 1. The van der Waals surface area contributed by atoms with Crippen molar-refractivity contribution in [2.24, 2.45) is 0 Å². The Morgan fingerprint density at radius 3 is 2.44 bits per heavy atom. The lowest BCUT2D eigenvalue weighted by Gasteiger charge is -2.35. The highest BCUT2D eigenvalue weighted by Gasteiger charge is 2.26. The van der Waals surface area contributed by atoms with Crippen molar-refractivity contribution < 1.29 is 14.5 Å². The van der Waals surface area contributed by atoms with E-state index in [-0.39, 0.29) is 23.2 Å². The molecule has 170 valence electrons. The normalized spacial score (nSPS) is 17.8. The van der Waals surface area contributed by atoms with E-state index in [2.05, 4.69) is 10.2 Å². The van der Waals surface area contributed by atoms with Crippen LogP contribution in [0.4, 0.5) is 11.4 Å². The molecule has 2 fully saturated rings. The highest BCUT2D eigenvalue weighted by Crippen LogP contribution is 2.32. The fourth-order valence-corrected chi connectivity index (χ4v) is 4.49. The molecule has 0 spiro atoms. The molecule has 2 aromatic carbocycles. The lowest BCUT2D eigenvalue weighted by molar-refractivity contribution is -0.384. The van der Waals surface area contributed by atoms with E-state index in [0.717, 1.165) is 44.6 Å². The van der Waals surface area contributed by atoms with Gasteiger partial charge < -0.3 is 15.0 Å². The van der Waals surface area contributed by atoms with Gasteiger partial charge in [0.25, 0.3) is 11.6 Å². The fraction of sp³-hybridized carbons (Fsp3) is 0.435. The second kappa shape index (κ2) is 10.3. The predicted octanol–water partition coefficient (Wildman–Crippen LogP) is 3.65. The quantitative estimate of drug-likeness (QED) is 0.503. The molecule has 2 saturated heterocycles. The molecule has 32 heavy (non-hydrogen) atoms. The molecule has 2 aliphatic rings. The van der Waals surface area contributed by atoms with Gasteiger partial charge in [-0.25, -0.2) is 0 Å². The maximum atomic E-state index is 12.9. The molecule has 0 bridgehead atoms. The minimum Gasteiger partial charge on any atom is -0.379 e. The zero-order valence-electron chi connectivity index (χ0n) is 17.8. The summed E-state index contributed by atoms with van der Waals surface area (Å²) in [5.41, 5.74) is 1.89. The highest BCUT2D eigenvalue weighted by atomic mass is 35.5. The number of anilines is 1. The summed E-state index contributed by atoms with van der Waals surface area (Å²) in [6, 6.07) is 12.3. The summed E-state index contributed by atoms with van der Waals surface area (Å²) < 4.78 is 5.47. The van der Waals surface area contributed by atoms with Gasteiger partial charge in [-0.15, -0.1) is 0 Å². The maximum absolute atomic E-state index is 12.9. The Balaban J connectivity index is 1.50. The van der Waals surface area contributed by atoms with E-state index in [1.54, 1.807) is 12.1 Å². The van der Waals surface area contributed by atoms with E-state index in [1.807, 2.05) is 29.2 Å². The van der Waals surface area contributed by atoms with Crippen LogP contribution in [0.5, 0.6) is 0 Å². The molecule has 0 aromatic heterocycles. The molecule has 0 saturated carbocycles. The van der Waals surface area contributed by atoms with Gasteiger partial charge in [-0.1, -0.05) is 23.7 Å². The van der Waals surface area contributed by atoms with Crippen LogP contribution < -0.4 is 10.2 Å². The fourth-order valence-electron chi connectivity index (χ4n) is 4.36. The lowest BCUT2D eigenvalue weighted by atomic mass is 10.0. The zero-order chi connectivity index (χ0) is 22.5. The molecule has 4 rings (SSSR count). The Kier molecular flexibility index (Phi) is 7.24. The topological polar surface area (TPSA) is 88.0 Å². The van der Waals surface area contributed by atoms with E-state index in [0.29, 0.717) is 30.5 Å². The number of amides is 1. The first-order chi connectivity index (χ1) is 15.5. The van der Waals surface area contributed by atoms with Crippen LogP contribution in [0.1, 0.15) is 34.8 Å². The van der Waals surface area contributed by atoms with Crippen molar-refractivity contribution in [3.05, 3.63) is 68.7 Å². The van der Waals surface area contributed by atoms with Crippen LogP contribution in [-0.4, -0.2) is 61.7 Å². The standard InChI is InChI=1S/C23H27ClN4O4/c24-19-6-3-17(4-7-19)22(27-11-13-32-14-12-27)16-25-23(29)18-5-8-20(21(15-18)28(30)31)26-9-1-2-10-26/h3-8,15,22H,1-2,9-14,16H2,(H,25,29). The molecular formula is C23H27ClN4O4. The minimum atomic E-state index is -0.408. The Morgan fingerprint density at radius 2 is 1.78 bits per heavy atom. The summed E-state index contributed by atoms with van der Waals surface area (Å²) in [7, 11) is 0. The number of nitro benzene ring substituents is 1. The predicted molar refractivity (Wildman–Crippen MR) is 123 cm³/mol. The summed E-state index contributed by atoms with van der Waals surface area (Å²) in [4.78, 5) is 28.4. The number of nitro groups is 1. The number of rotatable bonds is 7. The summed E-state index contributed by atoms with van der Waals surface area (Å²) >= 11 is 6.05. The molecule has 1 N–H and O–H groups in total. The molecule has 1 unspecified atom stereocenters. The van der Waals surface area contributed by atoms with Gasteiger partial charge in [-0.3, -0.25) is 19.8 Å². The largest absolute Gasteiger partial charge is 0.379 e. The van der Waals surface area contributed by atoms with Gasteiger partial charge in [-0.05, 0) is 42.7 Å². The molecule has 2 heterocycles. The van der Waals surface area contributed by atoms with Crippen LogP contribution in [-0.2, 0) is 4.74 Å². The number of ether oxygens (including phenoxy) is 1. The first kappa shape index (κ1) is 22.5. The SMILES string of the molecule is O=C(NCC(c1ccc(Cl)cc1)N1CCOCC1)c1ccc(N2CCCC2)c([N+](=O)[O-])c1. The van der Waals surface area contributed by atoms with Crippen molar-refractivity contribution >= 4 is 28.9 Å². The molecule has 1 amide bonds. The van der Waals surface area contributed by atoms with Crippen LogP contribution in [0.25, 0.3) is 0 Å². The number of nitrogens with one attached hydrogen (secondary N) is 1. The summed E-state index contributed by atoms with van der Waals surface area (Å²) in [5, 5.41) is 15.3. The van der Waals surface area contributed by atoms with Crippen LogP contribution >= 0.6 is 11.6 Å². The first-order valence-corrected chi connectivity index (χ1v) is 11.3. The van der Waals surface area contributed by atoms with Gasteiger partial charge in [0, 0.05) is 49.4 Å². The Hall–Kier alpha value is -2.68. The third-order valence-corrected chi connectivity index (χ3v) is 6.33. The zero-order valence-corrected chi connectivity index (χ0v) is 18.6. The smallest absolute Gasteiger partial charge is 0.293 e. The summed E-state index contributed by atoms with van der Waals surface area (Å²) in [5.74, 6) is -0.326. The monoisotopic (exact) mass is 458 g/mol. The first-order valence-electron chi connectivity index (χ1n) is 10.9. The minimum absolute atomic E-state index is 0.0259. The average Bonchev–Trinajstić information content (AvgIpc) is 3.35. The second-order valence-electron chi connectivity index (χ2n) is 8.08. The van der Waals surface area contributed by atoms with Gasteiger partial charge in [0.2, 0.25) is 0 Å². The Morgan fingerprint density at radius 1 is 1.09 bits per heavy atom. The van der Waals surface area contributed by atoms with Crippen LogP contribution in [0.2, 0.25) is 5.02 Å². The number of hydrogen-bond acceptors (Lipinski definition) is 6. The number of benzene rings is 2. The maximum Gasteiger partial charge on any atom is 0.293 e. The number of hydrogen-bond donors (Lipinski definition) is 1. The van der Waals surface area contributed by atoms with Crippen molar-refractivity contribution in [1.82, 2.24) is 10.2 Å². The van der Waals surface area contributed by atoms with Crippen LogP contribution in [0, 0.1) is 10.1 Å². The Labute approximate surface area is 192 Å².